The Balaban J connectivity index is 4.47. The van der Waals surface area contributed by atoms with Gasteiger partial charge < -0.3 is 5.11 Å². The van der Waals surface area contributed by atoms with Crippen molar-refractivity contribution in [1.82, 2.24) is 4.72 Å². The topological polar surface area (TPSA) is 90.2 Å². The minimum Gasteiger partial charge on any atom is -0.389 e. The molecular formula is C9H18N2O3S. The Hall–Kier alpha value is -0.640. The van der Waals surface area contributed by atoms with Crippen LogP contribution in [0.2, 0.25) is 0 Å². The highest BCUT2D eigenvalue weighted by Gasteiger charge is 2.27. The molecule has 0 spiro atoms. The van der Waals surface area contributed by atoms with E-state index in [2.05, 4.69) is 4.72 Å². The highest BCUT2D eigenvalue weighted by Crippen LogP contribution is 2.13. The van der Waals surface area contributed by atoms with Crippen molar-refractivity contribution >= 4 is 10.0 Å². The molecule has 0 fully saturated rings. The molecule has 0 amide bonds. The predicted octanol–water partition coefficient (Wildman–Crippen LogP) is 0.369. The van der Waals surface area contributed by atoms with Gasteiger partial charge in [-0.2, -0.15) is 5.26 Å². The number of hydrogen-bond acceptors (Lipinski definition) is 4. The average molecular weight is 234 g/mol. The van der Waals surface area contributed by atoms with Crippen molar-refractivity contribution in [1.29, 1.82) is 5.26 Å². The molecule has 1 atom stereocenters. The molecule has 0 aliphatic heterocycles. The van der Waals surface area contributed by atoms with Crippen LogP contribution in [0.3, 0.4) is 0 Å². The minimum absolute atomic E-state index is 0.0473. The molecule has 0 bridgehead atoms. The van der Waals surface area contributed by atoms with E-state index in [-0.39, 0.29) is 6.54 Å². The Labute approximate surface area is 91.2 Å². The van der Waals surface area contributed by atoms with Crippen LogP contribution in [0.25, 0.3) is 0 Å². The molecule has 0 aromatic heterocycles. The van der Waals surface area contributed by atoms with E-state index >= 15 is 0 Å². The van der Waals surface area contributed by atoms with Gasteiger partial charge in [-0.25, -0.2) is 13.1 Å². The number of aliphatic hydroxyl groups is 1. The molecule has 0 aromatic carbocycles. The SMILES string of the molecule is CCC(O)(CC)CNS(=O)(=O)C(C)C#N. The molecule has 0 saturated heterocycles. The molecule has 0 rings (SSSR count). The first-order valence-corrected chi connectivity index (χ1v) is 6.46. The van der Waals surface area contributed by atoms with E-state index in [1.54, 1.807) is 19.9 Å². The highest BCUT2D eigenvalue weighted by molar-refractivity contribution is 7.90. The summed E-state index contributed by atoms with van der Waals surface area (Å²) in [5.41, 5.74) is -1.03. The number of nitrogens with one attached hydrogen (secondary N) is 1. The van der Waals surface area contributed by atoms with Crippen LogP contribution in [0.5, 0.6) is 0 Å². The summed E-state index contributed by atoms with van der Waals surface area (Å²) in [5.74, 6) is 0. The third-order valence-corrected chi connectivity index (χ3v) is 4.15. The molecule has 0 heterocycles. The number of sulfonamides is 1. The first-order chi connectivity index (χ1) is 6.81. The van der Waals surface area contributed by atoms with E-state index in [4.69, 9.17) is 5.26 Å². The van der Waals surface area contributed by atoms with Gasteiger partial charge in [0.2, 0.25) is 10.0 Å². The van der Waals surface area contributed by atoms with Gasteiger partial charge in [0.05, 0.1) is 11.7 Å². The lowest BCUT2D eigenvalue weighted by atomic mass is 9.98. The Kier molecular flexibility index (Phi) is 5.21. The second-order valence-corrected chi connectivity index (χ2v) is 5.65. The summed E-state index contributed by atoms with van der Waals surface area (Å²) >= 11 is 0. The maximum absolute atomic E-state index is 11.4. The smallest absolute Gasteiger partial charge is 0.227 e. The average Bonchev–Trinajstić information content (AvgIpc) is 2.24. The quantitative estimate of drug-likeness (QED) is 0.694. The molecule has 0 aliphatic rings. The summed E-state index contributed by atoms with van der Waals surface area (Å²) < 4.78 is 25.0. The Morgan fingerprint density at radius 3 is 2.27 bits per heavy atom. The van der Waals surface area contributed by atoms with Crippen LogP contribution >= 0.6 is 0 Å². The first-order valence-electron chi connectivity index (χ1n) is 4.91. The largest absolute Gasteiger partial charge is 0.389 e. The van der Waals surface area contributed by atoms with Crippen LogP contribution in [0.4, 0.5) is 0 Å². The molecular weight excluding hydrogens is 216 g/mol. The minimum atomic E-state index is -3.63. The second kappa shape index (κ2) is 5.45. The summed E-state index contributed by atoms with van der Waals surface area (Å²) in [5, 5.41) is 17.2. The lowest BCUT2D eigenvalue weighted by Crippen LogP contribution is -2.44. The molecule has 5 nitrogen and oxygen atoms in total. The van der Waals surface area contributed by atoms with Crippen molar-refractivity contribution < 1.29 is 13.5 Å². The Morgan fingerprint density at radius 1 is 1.47 bits per heavy atom. The van der Waals surface area contributed by atoms with Gasteiger partial charge in [0.25, 0.3) is 0 Å². The van der Waals surface area contributed by atoms with E-state index in [1.165, 1.54) is 6.92 Å². The number of hydrogen-bond donors (Lipinski definition) is 2. The number of nitrogens with zero attached hydrogens (tertiary/aromatic N) is 1. The maximum atomic E-state index is 11.4. The lowest BCUT2D eigenvalue weighted by molar-refractivity contribution is 0.0377. The molecule has 15 heavy (non-hydrogen) atoms. The van der Waals surface area contributed by atoms with Crippen LogP contribution in [-0.4, -0.2) is 30.9 Å². The van der Waals surface area contributed by atoms with E-state index in [0.717, 1.165) is 0 Å². The molecule has 2 N–H and O–H groups in total. The summed E-state index contributed by atoms with van der Waals surface area (Å²) in [6, 6.07) is 1.65. The zero-order valence-corrected chi connectivity index (χ0v) is 10.1. The third kappa shape index (κ3) is 4.16. The maximum Gasteiger partial charge on any atom is 0.227 e. The van der Waals surface area contributed by atoms with Gasteiger partial charge in [0, 0.05) is 6.54 Å². The highest BCUT2D eigenvalue weighted by atomic mass is 32.2. The van der Waals surface area contributed by atoms with E-state index in [0.29, 0.717) is 12.8 Å². The predicted molar refractivity (Wildman–Crippen MR) is 57.5 cm³/mol. The monoisotopic (exact) mass is 234 g/mol. The van der Waals surface area contributed by atoms with Crippen molar-refractivity contribution in [3.8, 4) is 6.07 Å². The normalized spacial score (nSPS) is 14.6. The molecule has 0 saturated carbocycles. The molecule has 0 aromatic rings. The van der Waals surface area contributed by atoms with Crippen LogP contribution < -0.4 is 4.72 Å². The van der Waals surface area contributed by atoms with Crippen molar-refractivity contribution in [2.45, 2.75) is 44.5 Å². The van der Waals surface area contributed by atoms with Crippen LogP contribution in [0, 0.1) is 11.3 Å². The van der Waals surface area contributed by atoms with Crippen molar-refractivity contribution in [3.05, 3.63) is 0 Å². The van der Waals surface area contributed by atoms with E-state index in [9.17, 15) is 13.5 Å². The summed E-state index contributed by atoms with van der Waals surface area (Å²) in [7, 11) is -3.63. The standard InChI is InChI=1S/C9H18N2O3S/c1-4-9(12,5-2)7-11-15(13,14)8(3)6-10/h8,11-12H,4-5,7H2,1-3H3. The van der Waals surface area contributed by atoms with Gasteiger partial charge in [-0.05, 0) is 19.8 Å². The van der Waals surface area contributed by atoms with Gasteiger partial charge in [-0.3, -0.25) is 0 Å². The summed E-state index contributed by atoms with van der Waals surface area (Å²) in [6.07, 6.45) is 0.930. The van der Waals surface area contributed by atoms with E-state index < -0.39 is 20.9 Å². The fourth-order valence-corrected chi connectivity index (χ4v) is 1.79. The lowest BCUT2D eigenvalue weighted by Gasteiger charge is -2.25. The van der Waals surface area contributed by atoms with Crippen molar-refractivity contribution in [2.75, 3.05) is 6.54 Å². The van der Waals surface area contributed by atoms with Gasteiger partial charge in [-0.1, -0.05) is 13.8 Å². The number of nitriles is 1. The first kappa shape index (κ1) is 14.4. The summed E-state index contributed by atoms with van der Waals surface area (Å²) in [4.78, 5) is 0. The molecule has 0 radical (unpaired) electrons. The zero-order chi connectivity index (χ0) is 12.1. The molecule has 88 valence electrons. The van der Waals surface area contributed by atoms with Crippen molar-refractivity contribution in [2.24, 2.45) is 0 Å². The number of rotatable bonds is 6. The molecule has 6 heteroatoms. The zero-order valence-electron chi connectivity index (χ0n) is 9.32. The Morgan fingerprint density at radius 2 is 1.93 bits per heavy atom. The molecule has 0 aliphatic carbocycles. The van der Waals surface area contributed by atoms with Crippen LogP contribution in [0.1, 0.15) is 33.6 Å². The Bertz CT molecular complexity index is 328. The van der Waals surface area contributed by atoms with Crippen LogP contribution in [-0.2, 0) is 10.0 Å². The van der Waals surface area contributed by atoms with Gasteiger partial charge >= 0.3 is 0 Å². The summed E-state index contributed by atoms with van der Waals surface area (Å²) in [6.45, 7) is 4.82. The molecule has 1 unspecified atom stereocenters. The van der Waals surface area contributed by atoms with Gasteiger partial charge in [0.15, 0.2) is 5.25 Å². The van der Waals surface area contributed by atoms with Gasteiger partial charge in [-0.15, -0.1) is 0 Å². The van der Waals surface area contributed by atoms with Crippen molar-refractivity contribution in [3.63, 3.8) is 0 Å². The fourth-order valence-electron chi connectivity index (χ4n) is 0.929. The fraction of sp³-hybridized carbons (Fsp3) is 0.889. The van der Waals surface area contributed by atoms with Gasteiger partial charge in [0.1, 0.15) is 0 Å². The second-order valence-electron chi connectivity index (χ2n) is 3.57. The van der Waals surface area contributed by atoms with Crippen LogP contribution in [0.15, 0.2) is 0 Å². The van der Waals surface area contributed by atoms with E-state index in [1.807, 2.05) is 0 Å². The third-order valence-electron chi connectivity index (χ3n) is 2.57.